The fourth-order valence-corrected chi connectivity index (χ4v) is 3.41. The number of aliphatic hydroxyl groups is 1. The van der Waals surface area contributed by atoms with Crippen molar-refractivity contribution in [3.8, 4) is 0 Å². The van der Waals surface area contributed by atoms with Crippen LogP contribution >= 0.6 is 11.3 Å². The predicted molar refractivity (Wildman–Crippen MR) is 76.5 cm³/mol. The molecular weight excluding hydrogens is 317 g/mol. The van der Waals surface area contributed by atoms with Crippen molar-refractivity contribution in [3.63, 3.8) is 0 Å². The van der Waals surface area contributed by atoms with Gasteiger partial charge in [-0.3, -0.25) is 4.79 Å². The van der Waals surface area contributed by atoms with E-state index in [4.69, 9.17) is 0 Å². The van der Waals surface area contributed by atoms with Crippen LogP contribution in [0.2, 0.25) is 0 Å². The Bertz CT molecular complexity index is 524. The first-order valence-electron chi connectivity index (χ1n) is 7.23. The lowest BCUT2D eigenvalue weighted by atomic mass is 9.98. The molecule has 0 spiro atoms. The number of alkyl halides is 3. The van der Waals surface area contributed by atoms with Crippen LogP contribution in [-0.2, 0) is 10.4 Å². The minimum absolute atomic E-state index is 0.393. The van der Waals surface area contributed by atoms with Crippen molar-refractivity contribution in [1.82, 2.24) is 9.88 Å². The van der Waals surface area contributed by atoms with Gasteiger partial charge in [0.2, 0.25) is 11.5 Å². The minimum atomic E-state index is -4.95. The zero-order valence-corrected chi connectivity index (χ0v) is 13.1. The summed E-state index contributed by atoms with van der Waals surface area (Å²) < 4.78 is 40.1. The second-order valence-electron chi connectivity index (χ2n) is 5.62. The number of nitrogens with zero attached hydrogens (tertiary/aromatic N) is 2. The topological polar surface area (TPSA) is 53.4 Å². The fraction of sp³-hybridized carbons (Fsp3) is 0.714. The Morgan fingerprint density at radius 1 is 1.32 bits per heavy atom. The Kier molecular flexibility index (Phi) is 5.11. The van der Waals surface area contributed by atoms with Crippen molar-refractivity contribution in [3.05, 3.63) is 16.1 Å². The lowest BCUT2D eigenvalue weighted by Crippen LogP contribution is -2.47. The first-order valence-corrected chi connectivity index (χ1v) is 8.11. The predicted octanol–water partition coefficient (Wildman–Crippen LogP) is 2.99. The number of amides is 1. The Balaban J connectivity index is 2.21. The molecule has 1 fully saturated rings. The normalized spacial score (nSPS) is 19.6. The van der Waals surface area contributed by atoms with E-state index in [-0.39, 0.29) is 0 Å². The van der Waals surface area contributed by atoms with Gasteiger partial charge in [0.05, 0.1) is 6.42 Å². The molecule has 1 atom stereocenters. The highest BCUT2D eigenvalue weighted by atomic mass is 32.1. The molecule has 1 amide bonds. The van der Waals surface area contributed by atoms with Crippen LogP contribution in [0.15, 0.2) is 5.38 Å². The number of rotatable bonds is 3. The fourth-order valence-electron chi connectivity index (χ4n) is 2.49. The highest BCUT2D eigenvalue weighted by Gasteiger charge is 2.58. The molecule has 2 heterocycles. The average Bonchev–Trinajstić information content (AvgIpc) is 2.71. The molecule has 0 saturated carbocycles. The van der Waals surface area contributed by atoms with E-state index >= 15 is 0 Å². The molecule has 0 aliphatic carbocycles. The van der Waals surface area contributed by atoms with Crippen LogP contribution in [0.4, 0.5) is 13.2 Å². The monoisotopic (exact) mass is 336 g/mol. The van der Waals surface area contributed by atoms with Crippen molar-refractivity contribution < 1.29 is 23.1 Å². The van der Waals surface area contributed by atoms with Gasteiger partial charge in [-0.2, -0.15) is 13.2 Å². The highest BCUT2D eigenvalue weighted by molar-refractivity contribution is 7.09. The van der Waals surface area contributed by atoms with Crippen LogP contribution in [0, 0.1) is 6.92 Å². The molecule has 8 heteroatoms. The third-order valence-corrected chi connectivity index (χ3v) is 4.92. The third-order valence-electron chi connectivity index (χ3n) is 3.81. The van der Waals surface area contributed by atoms with Gasteiger partial charge >= 0.3 is 6.18 Å². The van der Waals surface area contributed by atoms with Crippen LogP contribution in [0.5, 0.6) is 0 Å². The van der Waals surface area contributed by atoms with Gasteiger partial charge in [0.15, 0.2) is 0 Å². The first kappa shape index (κ1) is 17.2. The maximum Gasteiger partial charge on any atom is 0.424 e. The number of aryl methyl sites for hydroxylation is 1. The van der Waals surface area contributed by atoms with Gasteiger partial charge in [-0.15, -0.1) is 11.3 Å². The van der Waals surface area contributed by atoms with Crippen LogP contribution < -0.4 is 0 Å². The molecule has 0 unspecified atom stereocenters. The number of halogens is 3. The van der Waals surface area contributed by atoms with Gasteiger partial charge in [-0.25, -0.2) is 4.98 Å². The van der Waals surface area contributed by atoms with Gasteiger partial charge in [0.25, 0.3) is 0 Å². The van der Waals surface area contributed by atoms with E-state index in [0.717, 1.165) is 37.0 Å². The number of hydrogen-bond acceptors (Lipinski definition) is 4. The van der Waals surface area contributed by atoms with Crippen LogP contribution in [0.25, 0.3) is 0 Å². The number of hydrogen-bond donors (Lipinski definition) is 1. The molecule has 2 rings (SSSR count). The zero-order valence-electron chi connectivity index (χ0n) is 12.3. The molecule has 1 N–H and O–H groups in total. The maximum atomic E-state index is 13.4. The molecule has 0 bridgehead atoms. The smallest absolute Gasteiger partial charge is 0.374 e. The molecule has 0 radical (unpaired) electrons. The molecule has 1 saturated heterocycles. The Morgan fingerprint density at radius 3 is 2.36 bits per heavy atom. The summed E-state index contributed by atoms with van der Waals surface area (Å²) in [4.78, 5) is 17.4. The van der Waals surface area contributed by atoms with E-state index in [1.165, 1.54) is 10.3 Å². The summed E-state index contributed by atoms with van der Waals surface area (Å²) in [5.74, 6) is -0.672. The molecule has 0 aromatic carbocycles. The summed E-state index contributed by atoms with van der Waals surface area (Å²) in [6.07, 6.45) is -2.45. The van der Waals surface area contributed by atoms with E-state index < -0.39 is 29.1 Å². The van der Waals surface area contributed by atoms with Crippen LogP contribution in [-0.4, -0.2) is 40.2 Å². The van der Waals surface area contributed by atoms with E-state index in [1.54, 1.807) is 6.92 Å². The van der Waals surface area contributed by atoms with Gasteiger partial charge in [-0.05, 0) is 19.8 Å². The third kappa shape index (κ3) is 3.60. The molecule has 124 valence electrons. The number of thiazole rings is 1. The van der Waals surface area contributed by atoms with Gasteiger partial charge < -0.3 is 10.0 Å². The lowest BCUT2D eigenvalue weighted by Gasteiger charge is -2.30. The Hall–Kier alpha value is -1.15. The van der Waals surface area contributed by atoms with Gasteiger partial charge in [0, 0.05) is 24.2 Å². The summed E-state index contributed by atoms with van der Waals surface area (Å²) in [5, 5.41) is 11.1. The first-order chi connectivity index (χ1) is 10.2. The van der Waals surface area contributed by atoms with Gasteiger partial charge in [0.1, 0.15) is 5.01 Å². The van der Waals surface area contributed by atoms with E-state index in [1.807, 2.05) is 0 Å². The molecule has 1 aliphatic heterocycles. The average molecular weight is 336 g/mol. The van der Waals surface area contributed by atoms with Crippen molar-refractivity contribution >= 4 is 17.2 Å². The van der Waals surface area contributed by atoms with E-state index in [2.05, 4.69) is 4.98 Å². The molecule has 1 aromatic heterocycles. The van der Waals surface area contributed by atoms with Crippen LogP contribution in [0.3, 0.4) is 0 Å². The summed E-state index contributed by atoms with van der Waals surface area (Å²) in [5.41, 5.74) is -2.82. The second kappa shape index (κ2) is 6.54. The molecule has 4 nitrogen and oxygen atoms in total. The largest absolute Gasteiger partial charge is 0.424 e. The van der Waals surface area contributed by atoms with Crippen LogP contribution in [0.1, 0.15) is 42.8 Å². The summed E-state index contributed by atoms with van der Waals surface area (Å²) in [6.45, 7) is 2.45. The lowest BCUT2D eigenvalue weighted by molar-refractivity contribution is -0.268. The number of likely N-dealkylation sites (tertiary alicyclic amines) is 1. The summed E-state index contributed by atoms with van der Waals surface area (Å²) in [7, 11) is 0. The summed E-state index contributed by atoms with van der Waals surface area (Å²) >= 11 is 0.724. The molecule has 1 aromatic rings. The zero-order chi connectivity index (χ0) is 16.4. The quantitative estimate of drug-likeness (QED) is 0.923. The standard InChI is InChI=1S/C14H19F3N2O2S/c1-10-9-22-12(18-10)13(21,14(15,16)17)8-11(20)19-6-4-2-3-5-7-19/h9,21H,2-8H2,1H3/t13-/m0/s1. The van der Waals surface area contributed by atoms with E-state index in [9.17, 15) is 23.1 Å². The molecular formula is C14H19F3N2O2S. The number of carbonyl (C=O) groups excluding carboxylic acids is 1. The Morgan fingerprint density at radius 2 is 1.91 bits per heavy atom. The second-order valence-corrected chi connectivity index (χ2v) is 6.48. The van der Waals surface area contributed by atoms with Crippen molar-refractivity contribution in [2.75, 3.05) is 13.1 Å². The van der Waals surface area contributed by atoms with Crippen molar-refractivity contribution in [1.29, 1.82) is 0 Å². The van der Waals surface area contributed by atoms with Crippen molar-refractivity contribution in [2.45, 2.75) is 50.8 Å². The maximum absolute atomic E-state index is 13.4. The van der Waals surface area contributed by atoms with Gasteiger partial charge in [-0.1, -0.05) is 12.8 Å². The number of carbonyl (C=O) groups is 1. The molecule has 1 aliphatic rings. The Labute approximate surface area is 131 Å². The molecule has 22 heavy (non-hydrogen) atoms. The highest BCUT2D eigenvalue weighted by Crippen LogP contribution is 2.43. The minimum Gasteiger partial charge on any atom is -0.374 e. The number of aromatic nitrogens is 1. The van der Waals surface area contributed by atoms with Crippen molar-refractivity contribution in [2.24, 2.45) is 0 Å². The summed E-state index contributed by atoms with van der Waals surface area (Å²) in [6, 6.07) is 0. The SMILES string of the molecule is Cc1csc([C@@](O)(CC(=O)N2CCCCCC2)C(F)(F)F)n1. The van der Waals surface area contributed by atoms with E-state index in [0.29, 0.717) is 18.8 Å².